The maximum atomic E-state index is 13.7. The van der Waals surface area contributed by atoms with Crippen LogP contribution in [0.25, 0.3) is 108 Å². The summed E-state index contributed by atoms with van der Waals surface area (Å²) in [5.41, 5.74) is 2.21. The van der Waals surface area contributed by atoms with Crippen molar-refractivity contribution in [3.05, 3.63) is 119 Å². The summed E-state index contributed by atoms with van der Waals surface area (Å²) in [6.07, 6.45) is 0. The first-order chi connectivity index (χ1) is 27.2. The average molecular weight is 741 g/mol. The summed E-state index contributed by atoms with van der Waals surface area (Å²) in [7, 11) is 0. The van der Waals surface area contributed by atoms with Crippen molar-refractivity contribution in [2.75, 3.05) is 0 Å². The number of thiol groups is 1. The molecule has 2 heterocycles. The lowest BCUT2D eigenvalue weighted by Gasteiger charge is -2.31. The number of hydrogen-bond donors (Lipinski definition) is 1. The summed E-state index contributed by atoms with van der Waals surface area (Å²) in [5.74, 6) is -1.12. The van der Waals surface area contributed by atoms with Crippen LogP contribution in [0.4, 0.5) is 0 Å². The molecule has 0 bridgehead atoms. The largest absolute Gasteiger partial charge is 0.272 e. The standard InChI is InChI=1S/C49H28N2O4S/c1-20(2)50-46(52)34-16-12-30-26-8-4-22-24-6-10-28-32-14-18-36-45-37(49(55)51(21(3)56)48(36)54)19-15-33(43(32)45)29-11-7-25(39(24)41(28)29)23-5-9-27(40(26)38(22)23)31-13-17-35(47(50)53)44(34)42(30)31/h4-21,56H,1-3H3. The minimum atomic E-state index is -0.549. The molecule has 1 unspecified atom stereocenters. The topological polar surface area (TPSA) is 74.8 Å². The molecule has 0 aliphatic carbocycles. The van der Waals surface area contributed by atoms with E-state index in [4.69, 9.17) is 0 Å². The molecular formula is C49H28N2O4S. The van der Waals surface area contributed by atoms with Crippen molar-refractivity contribution in [1.29, 1.82) is 0 Å². The van der Waals surface area contributed by atoms with E-state index in [-0.39, 0.29) is 29.7 Å². The maximum Gasteiger partial charge on any atom is 0.262 e. The van der Waals surface area contributed by atoms with Crippen molar-refractivity contribution >= 4 is 144 Å². The normalized spacial score (nSPS) is 15.7. The third-order valence-electron chi connectivity index (χ3n) is 13.1. The van der Waals surface area contributed by atoms with Crippen molar-refractivity contribution in [2.24, 2.45) is 0 Å². The predicted octanol–water partition coefficient (Wildman–Crippen LogP) is 11.4. The Bertz CT molecular complexity index is 3290. The monoisotopic (exact) mass is 740 g/mol. The summed E-state index contributed by atoms with van der Waals surface area (Å²) < 4.78 is 0. The van der Waals surface area contributed by atoms with Gasteiger partial charge in [-0.25, -0.2) is 0 Å². The van der Waals surface area contributed by atoms with E-state index >= 15 is 0 Å². The van der Waals surface area contributed by atoms with Crippen LogP contribution in [-0.4, -0.2) is 44.8 Å². The lowest BCUT2D eigenvalue weighted by Crippen LogP contribution is -2.44. The first-order valence-electron chi connectivity index (χ1n) is 19.0. The van der Waals surface area contributed by atoms with Crippen molar-refractivity contribution in [2.45, 2.75) is 32.2 Å². The van der Waals surface area contributed by atoms with E-state index in [2.05, 4.69) is 73.3 Å². The lowest BCUT2D eigenvalue weighted by molar-refractivity contribution is 0.0558. The van der Waals surface area contributed by atoms with Crippen LogP contribution in [0.3, 0.4) is 0 Å². The molecule has 0 aromatic heterocycles. The number of carbonyl (C=O) groups is 4. The molecule has 0 N–H and O–H groups in total. The third-order valence-corrected chi connectivity index (χ3v) is 13.3. The van der Waals surface area contributed by atoms with Gasteiger partial charge in [0.2, 0.25) is 0 Å². The minimum absolute atomic E-state index is 0.242. The van der Waals surface area contributed by atoms with Gasteiger partial charge in [-0.05, 0) is 142 Å². The van der Waals surface area contributed by atoms with Gasteiger partial charge < -0.3 is 0 Å². The first kappa shape index (κ1) is 30.7. The van der Waals surface area contributed by atoms with Crippen LogP contribution in [0.1, 0.15) is 62.2 Å². The molecule has 4 amide bonds. The van der Waals surface area contributed by atoms with E-state index in [9.17, 15) is 19.2 Å². The Labute approximate surface area is 323 Å². The highest BCUT2D eigenvalue weighted by Gasteiger charge is 2.37. The van der Waals surface area contributed by atoms with Crippen molar-refractivity contribution < 1.29 is 19.2 Å². The Morgan fingerprint density at radius 2 is 0.518 bits per heavy atom. The zero-order chi connectivity index (χ0) is 37.8. The highest BCUT2D eigenvalue weighted by molar-refractivity contribution is 7.80. The highest BCUT2D eigenvalue weighted by Crippen LogP contribution is 2.52. The van der Waals surface area contributed by atoms with Gasteiger partial charge in [-0.1, -0.05) is 72.8 Å². The van der Waals surface area contributed by atoms with Gasteiger partial charge in [-0.2, -0.15) is 12.6 Å². The Kier molecular flexibility index (Phi) is 5.38. The number of imide groups is 2. The molecule has 0 saturated heterocycles. The summed E-state index contributed by atoms with van der Waals surface area (Å²) >= 11 is 4.47. The number of hydrogen-bond acceptors (Lipinski definition) is 5. The Morgan fingerprint density at radius 1 is 0.321 bits per heavy atom. The number of carbonyl (C=O) groups excluding carboxylic acids is 4. The minimum Gasteiger partial charge on any atom is -0.272 e. The van der Waals surface area contributed by atoms with Gasteiger partial charge in [-0.15, -0.1) is 0 Å². The van der Waals surface area contributed by atoms with Gasteiger partial charge in [0.15, 0.2) is 0 Å². The Morgan fingerprint density at radius 3 is 0.732 bits per heavy atom. The van der Waals surface area contributed by atoms with Gasteiger partial charge >= 0.3 is 0 Å². The van der Waals surface area contributed by atoms with E-state index < -0.39 is 5.37 Å². The van der Waals surface area contributed by atoms with Crippen molar-refractivity contribution in [3.8, 4) is 0 Å². The molecule has 0 fully saturated rings. The summed E-state index contributed by atoms with van der Waals surface area (Å²) in [5, 5.41) is 20.7. The lowest BCUT2D eigenvalue weighted by atomic mass is 9.80. The molecule has 1 atom stereocenters. The summed E-state index contributed by atoms with van der Waals surface area (Å²) in [6.45, 7) is 5.49. The molecule has 6 nitrogen and oxygen atoms in total. The third kappa shape index (κ3) is 3.25. The van der Waals surface area contributed by atoms with Crippen LogP contribution in [0, 0.1) is 0 Å². The van der Waals surface area contributed by atoms with E-state index in [1.165, 1.54) is 31.3 Å². The molecule has 11 aromatic rings. The molecule has 2 aliphatic heterocycles. The molecule has 0 radical (unpaired) electrons. The van der Waals surface area contributed by atoms with E-state index in [1.54, 1.807) is 6.92 Å². The summed E-state index contributed by atoms with van der Waals surface area (Å²) in [4.78, 5) is 57.5. The fraction of sp³-hybridized carbons (Fsp3) is 0.102. The van der Waals surface area contributed by atoms with E-state index in [1.807, 2.05) is 50.2 Å². The van der Waals surface area contributed by atoms with Crippen molar-refractivity contribution in [1.82, 2.24) is 9.80 Å². The maximum absolute atomic E-state index is 13.7. The van der Waals surface area contributed by atoms with Crippen LogP contribution in [0.15, 0.2) is 97.1 Å². The zero-order valence-electron chi connectivity index (χ0n) is 30.4. The van der Waals surface area contributed by atoms with E-state index in [0.29, 0.717) is 22.3 Å². The number of rotatable bonds is 2. The number of amides is 4. The average Bonchev–Trinajstić information content (AvgIpc) is 3.19. The zero-order valence-corrected chi connectivity index (χ0v) is 31.3. The number of nitrogens with zero attached hydrogens (tertiary/aromatic N) is 2. The SMILES string of the molecule is CC(C)N1C(=O)c2ccc3c4ccc5c6ccc7c8ccc9c%10c(ccc(c%11ccc(c%12ccc(c%13ccc(c2c3%13)C1=O)c4c5%12)c6c7%11)c%108)C(=O)N(C(C)S)C9=O. The second kappa shape index (κ2) is 9.80. The first-order valence-corrected chi connectivity index (χ1v) is 19.5. The van der Waals surface area contributed by atoms with Crippen molar-refractivity contribution in [3.63, 3.8) is 0 Å². The van der Waals surface area contributed by atoms with Gasteiger partial charge in [-0.3, -0.25) is 29.0 Å². The number of benzene rings is 11. The molecule has 0 spiro atoms. The van der Waals surface area contributed by atoms with Crippen LogP contribution in [-0.2, 0) is 0 Å². The molecule has 264 valence electrons. The van der Waals surface area contributed by atoms with Gasteiger partial charge in [0.1, 0.15) is 0 Å². The second-order valence-corrected chi connectivity index (χ2v) is 16.7. The summed E-state index contributed by atoms with van der Waals surface area (Å²) in [6, 6.07) is 33.3. The smallest absolute Gasteiger partial charge is 0.262 e. The number of fused-ring (bicyclic) bond motifs is 6. The molecule has 2 aliphatic rings. The predicted molar refractivity (Wildman–Crippen MR) is 230 cm³/mol. The molecule has 56 heavy (non-hydrogen) atoms. The van der Waals surface area contributed by atoms with Gasteiger partial charge in [0.05, 0.1) is 5.37 Å². The van der Waals surface area contributed by atoms with E-state index in [0.717, 1.165) is 86.2 Å². The quantitative estimate of drug-likeness (QED) is 0.0829. The second-order valence-electron chi connectivity index (χ2n) is 16.0. The fourth-order valence-electron chi connectivity index (χ4n) is 10.9. The molecule has 0 saturated carbocycles. The Hall–Kier alpha value is -6.57. The fourth-order valence-corrected chi connectivity index (χ4v) is 11.1. The van der Waals surface area contributed by atoms with Gasteiger partial charge in [0.25, 0.3) is 23.6 Å². The van der Waals surface area contributed by atoms with Crippen LogP contribution in [0.2, 0.25) is 0 Å². The van der Waals surface area contributed by atoms with Crippen LogP contribution in [0.5, 0.6) is 0 Å². The molecule has 13 rings (SSSR count). The Balaban J connectivity index is 1.15. The molecule has 11 aromatic carbocycles. The molecule has 7 heteroatoms. The van der Waals surface area contributed by atoms with Crippen LogP contribution < -0.4 is 0 Å². The van der Waals surface area contributed by atoms with Gasteiger partial charge in [0, 0.05) is 39.1 Å². The molecular weight excluding hydrogens is 713 g/mol. The highest BCUT2D eigenvalue weighted by atomic mass is 32.1. The van der Waals surface area contributed by atoms with Crippen LogP contribution >= 0.6 is 12.6 Å².